The molecule has 0 amide bonds. The average molecular weight is 259 g/mol. The Kier molecular flexibility index (Phi) is 7.54. The van der Waals surface area contributed by atoms with Gasteiger partial charge in [0.2, 0.25) is 0 Å². The molecule has 2 aromatic carbocycles. The number of nitrogens with two attached hydrogens (primary N) is 1. The van der Waals surface area contributed by atoms with Crippen LogP contribution in [0, 0.1) is 0 Å². The lowest BCUT2D eigenvalue weighted by atomic mass is 10.1. The standard InChI is InChI=1S/C12H10.C2H8BNO3/c1-3-7-11(8-4-1)12-9-5-2-6-10-12;4-1-2-7-3(5)6/h1-10H;5-6H,1-2,4H2. The van der Waals surface area contributed by atoms with Gasteiger partial charge in [-0.25, -0.2) is 0 Å². The van der Waals surface area contributed by atoms with Crippen molar-refractivity contribution in [3.05, 3.63) is 60.7 Å². The normalized spacial score (nSPS) is 9.42. The summed E-state index contributed by atoms with van der Waals surface area (Å²) in [6.45, 7) is 0.481. The lowest BCUT2D eigenvalue weighted by Gasteiger charge is -1.98. The molecule has 0 aliphatic heterocycles. The Bertz CT molecular complexity index is 399. The van der Waals surface area contributed by atoms with E-state index < -0.39 is 7.32 Å². The van der Waals surface area contributed by atoms with Gasteiger partial charge in [-0.2, -0.15) is 0 Å². The van der Waals surface area contributed by atoms with Crippen LogP contribution in [0.25, 0.3) is 11.1 Å². The minimum Gasteiger partial charge on any atom is -0.402 e. The Morgan fingerprint density at radius 2 is 1.26 bits per heavy atom. The first-order valence-electron chi connectivity index (χ1n) is 6.02. The molecule has 0 saturated heterocycles. The highest BCUT2D eigenvalue weighted by atomic mass is 16.6. The summed E-state index contributed by atoms with van der Waals surface area (Å²) in [5.74, 6) is 0. The molecule has 2 rings (SSSR count). The van der Waals surface area contributed by atoms with E-state index in [0.29, 0.717) is 6.54 Å². The quantitative estimate of drug-likeness (QED) is 0.723. The lowest BCUT2D eigenvalue weighted by Crippen LogP contribution is -2.21. The number of benzene rings is 2. The Morgan fingerprint density at radius 3 is 1.53 bits per heavy atom. The number of rotatable bonds is 4. The van der Waals surface area contributed by atoms with Gasteiger partial charge in [-0.05, 0) is 11.1 Å². The monoisotopic (exact) mass is 259 g/mol. The van der Waals surface area contributed by atoms with E-state index >= 15 is 0 Å². The van der Waals surface area contributed by atoms with Crippen LogP contribution in [0.3, 0.4) is 0 Å². The van der Waals surface area contributed by atoms with Crippen molar-refractivity contribution >= 4 is 7.32 Å². The Hall–Kier alpha value is -1.66. The van der Waals surface area contributed by atoms with Crippen LogP contribution in [0.2, 0.25) is 0 Å². The second kappa shape index (κ2) is 9.30. The minimum absolute atomic E-state index is 0.178. The smallest absolute Gasteiger partial charge is 0.402 e. The summed E-state index contributed by atoms with van der Waals surface area (Å²) < 4.78 is 4.18. The van der Waals surface area contributed by atoms with E-state index in [0.717, 1.165) is 0 Å². The molecule has 0 spiro atoms. The van der Waals surface area contributed by atoms with E-state index in [1.54, 1.807) is 0 Å². The molecule has 0 heterocycles. The van der Waals surface area contributed by atoms with Gasteiger partial charge in [-0.3, -0.25) is 0 Å². The van der Waals surface area contributed by atoms with Crippen molar-refractivity contribution in [3.63, 3.8) is 0 Å². The third-order valence-corrected chi connectivity index (χ3v) is 2.27. The Labute approximate surface area is 113 Å². The van der Waals surface area contributed by atoms with Crippen LogP contribution in [0.1, 0.15) is 0 Å². The fourth-order valence-electron chi connectivity index (χ4n) is 1.43. The summed E-state index contributed by atoms with van der Waals surface area (Å²) in [5, 5.41) is 15.9. The second-order valence-electron chi connectivity index (χ2n) is 3.72. The molecule has 0 saturated carbocycles. The lowest BCUT2D eigenvalue weighted by molar-refractivity contribution is 0.191. The molecule has 4 N–H and O–H groups in total. The van der Waals surface area contributed by atoms with Crippen LogP contribution in [0.4, 0.5) is 0 Å². The maximum atomic E-state index is 7.96. The predicted molar refractivity (Wildman–Crippen MR) is 77.1 cm³/mol. The van der Waals surface area contributed by atoms with Crippen molar-refractivity contribution in [2.75, 3.05) is 13.2 Å². The van der Waals surface area contributed by atoms with Gasteiger partial charge >= 0.3 is 7.32 Å². The molecule has 0 aliphatic carbocycles. The van der Waals surface area contributed by atoms with E-state index in [9.17, 15) is 0 Å². The third kappa shape index (κ3) is 6.74. The molecule has 4 nitrogen and oxygen atoms in total. The van der Waals surface area contributed by atoms with Crippen LogP contribution in [0.15, 0.2) is 60.7 Å². The Morgan fingerprint density at radius 1 is 0.842 bits per heavy atom. The highest BCUT2D eigenvalue weighted by molar-refractivity contribution is 6.32. The van der Waals surface area contributed by atoms with E-state index in [2.05, 4.69) is 53.2 Å². The molecule has 5 heteroatoms. The third-order valence-electron chi connectivity index (χ3n) is 2.27. The maximum absolute atomic E-state index is 7.96. The molecule has 0 fully saturated rings. The zero-order chi connectivity index (χ0) is 13.9. The molecule has 0 atom stereocenters. The van der Waals surface area contributed by atoms with Gasteiger partial charge in [0.25, 0.3) is 0 Å². The first kappa shape index (κ1) is 15.4. The van der Waals surface area contributed by atoms with Crippen molar-refractivity contribution in [2.45, 2.75) is 0 Å². The number of hydrogen-bond donors (Lipinski definition) is 3. The molecule has 0 unspecified atom stereocenters. The van der Waals surface area contributed by atoms with E-state index in [4.69, 9.17) is 15.8 Å². The molecule has 0 radical (unpaired) electrons. The van der Waals surface area contributed by atoms with E-state index in [1.165, 1.54) is 11.1 Å². The van der Waals surface area contributed by atoms with Gasteiger partial charge in [-0.15, -0.1) is 0 Å². The first-order chi connectivity index (χ1) is 9.24. The fourth-order valence-corrected chi connectivity index (χ4v) is 1.43. The topological polar surface area (TPSA) is 75.7 Å². The molecular formula is C14H18BNO3. The summed E-state index contributed by atoms with van der Waals surface area (Å²) in [6.07, 6.45) is 0. The Balaban J connectivity index is 0.000000224. The summed E-state index contributed by atoms with van der Waals surface area (Å²) in [6, 6.07) is 20.8. The predicted octanol–water partition coefficient (Wildman–Crippen LogP) is 1.28. The fraction of sp³-hybridized carbons (Fsp3) is 0.143. The van der Waals surface area contributed by atoms with Gasteiger partial charge < -0.3 is 20.4 Å². The molecule has 100 valence electrons. The second-order valence-corrected chi connectivity index (χ2v) is 3.72. The van der Waals surface area contributed by atoms with Gasteiger partial charge in [0.05, 0.1) is 0 Å². The van der Waals surface area contributed by atoms with Crippen molar-refractivity contribution < 1.29 is 14.7 Å². The summed E-state index contributed by atoms with van der Waals surface area (Å²) >= 11 is 0. The molecule has 0 aliphatic rings. The number of hydrogen-bond acceptors (Lipinski definition) is 4. The molecule has 2 aromatic rings. The van der Waals surface area contributed by atoms with Crippen molar-refractivity contribution in [3.8, 4) is 11.1 Å². The molecular weight excluding hydrogens is 241 g/mol. The SMILES string of the molecule is NCCOB(O)O.c1ccc(-c2ccccc2)cc1. The van der Waals surface area contributed by atoms with Crippen LogP contribution < -0.4 is 5.73 Å². The largest absolute Gasteiger partial charge is 0.633 e. The van der Waals surface area contributed by atoms with Crippen LogP contribution >= 0.6 is 0 Å². The average Bonchev–Trinajstić information content (AvgIpc) is 2.47. The molecule has 0 bridgehead atoms. The minimum atomic E-state index is -1.68. The van der Waals surface area contributed by atoms with Gasteiger partial charge in [-0.1, -0.05) is 60.7 Å². The highest BCUT2D eigenvalue weighted by Crippen LogP contribution is 2.17. The van der Waals surface area contributed by atoms with E-state index in [1.807, 2.05) is 12.1 Å². The maximum Gasteiger partial charge on any atom is 0.633 e. The van der Waals surface area contributed by atoms with Gasteiger partial charge in [0.15, 0.2) is 0 Å². The van der Waals surface area contributed by atoms with Crippen molar-refractivity contribution in [2.24, 2.45) is 5.73 Å². The van der Waals surface area contributed by atoms with Crippen LogP contribution in [-0.4, -0.2) is 30.5 Å². The van der Waals surface area contributed by atoms with Crippen LogP contribution in [0.5, 0.6) is 0 Å². The van der Waals surface area contributed by atoms with Gasteiger partial charge in [0, 0.05) is 13.2 Å². The van der Waals surface area contributed by atoms with Crippen molar-refractivity contribution in [1.29, 1.82) is 0 Å². The van der Waals surface area contributed by atoms with Gasteiger partial charge in [0.1, 0.15) is 0 Å². The zero-order valence-corrected chi connectivity index (χ0v) is 10.6. The van der Waals surface area contributed by atoms with E-state index in [-0.39, 0.29) is 6.61 Å². The summed E-state index contributed by atoms with van der Waals surface area (Å²) in [5.41, 5.74) is 7.48. The molecule has 19 heavy (non-hydrogen) atoms. The highest BCUT2D eigenvalue weighted by Gasteiger charge is 2.04. The molecule has 0 aromatic heterocycles. The summed E-state index contributed by atoms with van der Waals surface area (Å²) in [7, 11) is -1.68. The summed E-state index contributed by atoms with van der Waals surface area (Å²) in [4.78, 5) is 0. The first-order valence-corrected chi connectivity index (χ1v) is 6.02. The zero-order valence-electron chi connectivity index (χ0n) is 10.6. The van der Waals surface area contributed by atoms with Crippen LogP contribution in [-0.2, 0) is 4.65 Å². The van der Waals surface area contributed by atoms with Crippen molar-refractivity contribution in [1.82, 2.24) is 0 Å².